The molecule has 0 saturated heterocycles. The number of amides is 2. The Morgan fingerprint density at radius 1 is 1.07 bits per heavy atom. The third-order valence-corrected chi connectivity index (χ3v) is 5.04. The first-order valence-electron chi connectivity index (χ1n) is 9.19. The third-order valence-electron chi connectivity index (χ3n) is 4.14. The average molecular weight is 410 g/mol. The van der Waals surface area contributed by atoms with E-state index in [0.29, 0.717) is 11.4 Å². The summed E-state index contributed by atoms with van der Waals surface area (Å²) in [4.78, 5) is 29.9. The molecule has 1 heterocycles. The number of carbonyl (C=O) groups is 2. The maximum absolute atomic E-state index is 12.3. The highest BCUT2D eigenvalue weighted by Crippen LogP contribution is 2.18. The van der Waals surface area contributed by atoms with Crippen molar-refractivity contribution in [2.75, 3.05) is 26.0 Å². The Morgan fingerprint density at radius 3 is 2.48 bits per heavy atom. The summed E-state index contributed by atoms with van der Waals surface area (Å²) < 4.78 is 5.42. The largest absolute Gasteiger partial charge is 0.484 e. The molecule has 0 spiro atoms. The van der Waals surface area contributed by atoms with Gasteiger partial charge in [-0.1, -0.05) is 30.3 Å². The van der Waals surface area contributed by atoms with Gasteiger partial charge in [-0.15, -0.1) is 11.3 Å². The number of anilines is 1. The number of nitrogens with one attached hydrogen (secondary N) is 1. The molecule has 1 N–H and O–H groups in total. The zero-order valence-corrected chi connectivity index (χ0v) is 17.2. The van der Waals surface area contributed by atoms with Crippen molar-refractivity contribution in [3.05, 3.63) is 76.2 Å². The zero-order valence-electron chi connectivity index (χ0n) is 16.4. The summed E-state index contributed by atoms with van der Waals surface area (Å²) in [7, 11) is 3.36. The predicted molar refractivity (Wildman–Crippen MR) is 114 cm³/mol. The van der Waals surface area contributed by atoms with E-state index in [1.807, 2.05) is 23.6 Å². The van der Waals surface area contributed by atoms with E-state index >= 15 is 0 Å². The standard InChI is InChI=1S/C22H23N3O3S/c1-25(2)22(27)14-28-19-10-8-17(9-11-19)23-20(26)13-18-15-29-21(24-18)12-16-6-4-3-5-7-16/h3-11,15H,12-14H2,1-2H3,(H,23,26). The summed E-state index contributed by atoms with van der Waals surface area (Å²) >= 11 is 1.57. The first-order chi connectivity index (χ1) is 14.0. The lowest BCUT2D eigenvalue weighted by Crippen LogP contribution is -2.27. The molecule has 0 unspecified atom stereocenters. The number of aromatic nitrogens is 1. The third kappa shape index (κ3) is 6.43. The Kier molecular flexibility index (Phi) is 6.97. The van der Waals surface area contributed by atoms with Gasteiger partial charge in [0.2, 0.25) is 5.91 Å². The van der Waals surface area contributed by atoms with Crippen molar-refractivity contribution in [3.8, 4) is 5.75 Å². The number of benzene rings is 2. The lowest BCUT2D eigenvalue weighted by Gasteiger charge is -2.11. The Labute approximate surface area is 174 Å². The summed E-state index contributed by atoms with van der Waals surface area (Å²) in [5, 5.41) is 5.78. The molecule has 0 aliphatic carbocycles. The van der Waals surface area contributed by atoms with Crippen molar-refractivity contribution >= 4 is 28.8 Å². The number of ether oxygens (including phenoxy) is 1. The molecule has 0 bridgehead atoms. The molecule has 0 aliphatic rings. The number of thiazole rings is 1. The van der Waals surface area contributed by atoms with Gasteiger partial charge < -0.3 is 15.0 Å². The summed E-state index contributed by atoms with van der Waals surface area (Å²) in [6, 6.07) is 17.1. The van der Waals surface area contributed by atoms with E-state index in [0.717, 1.165) is 17.1 Å². The number of rotatable bonds is 8. The molecule has 1 aromatic heterocycles. The van der Waals surface area contributed by atoms with E-state index in [1.54, 1.807) is 49.7 Å². The van der Waals surface area contributed by atoms with Gasteiger partial charge in [-0.05, 0) is 29.8 Å². The van der Waals surface area contributed by atoms with Crippen LogP contribution < -0.4 is 10.1 Å². The molecular weight excluding hydrogens is 386 g/mol. The van der Waals surface area contributed by atoms with Crippen LogP contribution in [0.4, 0.5) is 5.69 Å². The highest BCUT2D eigenvalue weighted by atomic mass is 32.1. The van der Waals surface area contributed by atoms with Crippen LogP contribution in [0.25, 0.3) is 0 Å². The average Bonchev–Trinajstić information content (AvgIpc) is 3.14. The number of nitrogens with zero attached hydrogens (tertiary/aromatic N) is 2. The molecule has 0 saturated carbocycles. The maximum Gasteiger partial charge on any atom is 0.259 e. The zero-order chi connectivity index (χ0) is 20.6. The van der Waals surface area contributed by atoms with Crippen molar-refractivity contribution in [1.82, 2.24) is 9.88 Å². The van der Waals surface area contributed by atoms with Crippen LogP contribution in [0.1, 0.15) is 16.3 Å². The minimum atomic E-state index is -0.127. The second-order valence-electron chi connectivity index (χ2n) is 6.72. The van der Waals surface area contributed by atoms with Crippen LogP contribution in [0, 0.1) is 0 Å². The predicted octanol–water partition coefficient (Wildman–Crippen LogP) is 3.38. The molecule has 3 rings (SSSR count). The van der Waals surface area contributed by atoms with Crippen LogP contribution in [0.5, 0.6) is 5.75 Å². The van der Waals surface area contributed by atoms with Crippen LogP contribution in [0.15, 0.2) is 60.0 Å². The molecule has 7 heteroatoms. The van der Waals surface area contributed by atoms with Gasteiger partial charge in [0, 0.05) is 31.6 Å². The van der Waals surface area contributed by atoms with Crippen molar-refractivity contribution in [2.45, 2.75) is 12.8 Å². The first-order valence-corrected chi connectivity index (χ1v) is 10.1. The molecule has 2 aromatic carbocycles. The van der Waals surface area contributed by atoms with Gasteiger partial charge in [-0.2, -0.15) is 0 Å². The molecule has 0 fully saturated rings. The minimum Gasteiger partial charge on any atom is -0.484 e. The van der Waals surface area contributed by atoms with E-state index < -0.39 is 0 Å². The molecule has 0 radical (unpaired) electrons. The second kappa shape index (κ2) is 9.84. The second-order valence-corrected chi connectivity index (χ2v) is 7.66. The van der Waals surface area contributed by atoms with Gasteiger partial charge >= 0.3 is 0 Å². The van der Waals surface area contributed by atoms with Gasteiger partial charge in [-0.25, -0.2) is 4.98 Å². The van der Waals surface area contributed by atoms with E-state index in [-0.39, 0.29) is 24.8 Å². The Balaban J connectivity index is 1.49. The number of hydrogen-bond acceptors (Lipinski definition) is 5. The van der Waals surface area contributed by atoms with Gasteiger partial charge in [0.1, 0.15) is 5.75 Å². The molecule has 0 aliphatic heterocycles. The molecule has 3 aromatic rings. The molecule has 150 valence electrons. The fourth-order valence-electron chi connectivity index (χ4n) is 2.56. The van der Waals surface area contributed by atoms with Crippen LogP contribution in [-0.4, -0.2) is 42.4 Å². The lowest BCUT2D eigenvalue weighted by molar-refractivity contribution is -0.130. The summed E-state index contributed by atoms with van der Waals surface area (Å²) in [5.74, 6) is 0.332. The van der Waals surface area contributed by atoms with E-state index in [1.165, 1.54) is 10.5 Å². The van der Waals surface area contributed by atoms with Crippen molar-refractivity contribution in [1.29, 1.82) is 0 Å². The number of hydrogen-bond donors (Lipinski definition) is 1. The van der Waals surface area contributed by atoms with Gasteiger partial charge in [0.15, 0.2) is 6.61 Å². The molecule has 6 nitrogen and oxygen atoms in total. The highest BCUT2D eigenvalue weighted by molar-refractivity contribution is 7.09. The summed E-state index contributed by atoms with van der Waals surface area (Å²) in [6.07, 6.45) is 0.992. The monoisotopic (exact) mass is 409 g/mol. The van der Waals surface area contributed by atoms with Crippen LogP contribution in [0.2, 0.25) is 0 Å². The minimum absolute atomic E-state index is 0.0200. The first kappa shape index (κ1) is 20.5. The number of likely N-dealkylation sites (N-methyl/N-ethyl adjacent to an activating group) is 1. The quantitative estimate of drug-likeness (QED) is 0.619. The molecular formula is C22H23N3O3S. The van der Waals surface area contributed by atoms with Crippen LogP contribution >= 0.6 is 11.3 Å². The molecule has 2 amide bonds. The summed E-state index contributed by atoms with van der Waals surface area (Å²) in [5.41, 5.74) is 2.63. The lowest BCUT2D eigenvalue weighted by atomic mass is 10.2. The van der Waals surface area contributed by atoms with Gasteiger partial charge in [0.25, 0.3) is 5.91 Å². The smallest absolute Gasteiger partial charge is 0.259 e. The maximum atomic E-state index is 12.3. The van der Waals surface area contributed by atoms with Gasteiger partial charge in [0.05, 0.1) is 17.1 Å². The van der Waals surface area contributed by atoms with Gasteiger partial charge in [-0.3, -0.25) is 9.59 Å². The fourth-order valence-corrected chi connectivity index (χ4v) is 3.39. The van der Waals surface area contributed by atoms with Crippen molar-refractivity contribution in [2.24, 2.45) is 0 Å². The van der Waals surface area contributed by atoms with E-state index in [9.17, 15) is 9.59 Å². The van der Waals surface area contributed by atoms with E-state index in [2.05, 4.69) is 22.4 Å². The Hall–Kier alpha value is -3.19. The topological polar surface area (TPSA) is 71.5 Å². The normalized spacial score (nSPS) is 10.4. The fraction of sp³-hybridized carbons (Fsp3) is 0.227. The SMILES string of the molecule is CN(C)C(=O)COc1ccc(NC(=O)Cc2csc(Cc3ccccc3)n2)cc1. The molecule has 0 atom stereocenters. The summed E-state index contributed by atoms with van der Waals surface area (Å²) in [6.45, 7) is -0.0200. The van der Waals surface area contributed by atoms with Crippen LogP contribution in [-0.2, 0) is 22.4 Å². The van der Waals surface area contributed by atoms with Crippen LogP contribution in [0.3, 0.4) is 0 Å². The Morgan fingerprint density at radius 2 is 1.79 bits per heavy atom. The van der Waals surface area contributed by atoms with E-state index in [4.69, 9.17) is 4.74 Å². The van der Waals surface area contributed by atoms with Crippen molar-refractivity contribution < 1.29 is 14.3 Å². The molecule has 29 heavy (non-hydrogen) atoms. The Bertz CT molecular complexity index is 953. The van der Waals surface area contributed by atoms with Crippen molar-refractivity contribution in [3.63, 3.8) is 0 Å². The number of carbonyl (C=O) groups excluding carboxylic acids is 2. The highest BCUT2D eigenvalue weighted by Gasteiger charge is 2.09.